The van der Waals surface area contributed by atoms with Crippen molar-refractivity contribution in [2.24, 2.45) is 5.84 Å². The molecular weight excluding hydrogens is 252 g/mol. The number of amides is 1. The molecule has 1 amide bonds. The van der Waals surface area contributed by atoms with Gasteiger partial charge in [-0.1, -0.05) is 13.0 Å². The van der Waals surface area contributed by atoms with E-state index in [1.165, 1.54) is 17.3 Å². The van der Waals surface area contributed by atoms with Crippen molar-refractivity contribution in [3.8, 4) is 0 Å². The minimum Gasteiger partial charge on any atom is -0.322 e. The number of aromatic nitrogens is 1. The Morgan fingerprint density at radius 3 is 2.65 bits per heavy atom. The molecule has 0 spiro atoms. The number of hydrazine groups is 1. The van der Waals surface area contributed by atoms with Crippen LogP contribution in [0.15, 0.2) is 36.5 Å². The average molecular weight is 270 g/mol. The fourth-order valence-electron chi connectivity index (χ4n) is 1.99. The van der Waals surface area contributed by atoms with Crippen LogP contribution in [0.3, 0.4) is 0 Å². The summed E-state index contributed by atoms with van der Waals surface area (Å²) in [7, 11) is 0. The first-order valence-corrected chi connectivity index (χ1v) is 6.47. The third kappa shape index (κ3) is 3.13. The highest BCUT2D eigenvalue weighted by Gasteiger charge is 2.07. The fraction of sp³-hybridized carbons (Fsp3) is 0.200. The van der Waals surface area contributed by atoms with Crippen LogP contribution in [0.25, 0.3) is 0 Å². The normalized spacial score (nSPS) is 10.2. The average Bonchev–Trinajstić information content (AvgIpc) is 2.47. The largest absolute Gasteiger partial charge is 0.322 e. The summed E-state index contributed by atoms with van der Waals surface area (Å²) in [5, 5.41) is 2.86. The van der Waals surface area contributed by atoms with Crippen molar-refractivity contribution in [2.45, 2.75) is 20.3 Å². The smallest absolute Gasteiger partial charge is 0.257 e. The van der Waals surface area contributed by atoms with E-state index in [0.29, 0.717) is 11.4 Å². The molecule has 0 radical (unpaired) electrons. The van der Waals surface area contributed by atoms with E-state index in [0.717, 1.165) is 12.1 Å². The SMILES string of the molecule is CCc1ccc(NC(=O)c2ccc(NN)nc2)cc1C. The van der Waals surface area contributed by atoms with Crippen LogP contribution in [0.2, 0.25) is 0 Å². The van der Waals surface area contributed by atoms with Crippen molar-refractivity contribution in [1.29, 1.82) is 0 Å². The maximum atomic E-state index is 12.1. The molecule has 2 aromatic rings. The second-order valence-electron chi connectivity index (χ2n) is 4.53. The highest BCUT2D eigenvalue weighted by Crippen LogP contribution is 2.16. The minimum atomic E-state index is -0.190. The molecule has 5 nitrogen and oxygen atoms in total. The Hall–Kier alpha value is -2.40. The van der Waals surface area contributed by atoms with Gasteiger partial charge in [0, 0.05) is 11.9 Å². The molecule has 0 aliphatic carbocycles. The highest BCUT2D eigenvalue weighted by atomic mass is 16.1. The van der Waals surface area contributed by atoms with E-state index < -0.39 is 0 Å². The molecule has 0 saturated heterocycles. The van der Waals surface area contributed by atoms with Gasteiger partial charge in [-0.3, -0.25) is 4.79 Å². The van der Waals surface area contributed by atoms with Crippen LogP contribution in [0, 0.1) is 6.92 Å². The van der Waals surface area contributed by atoms with Crippen molar-refractivity contribution in [3.63, 3.8) is 0 Å². The van der Waals surface area contributed by atoms with Crippen LogP contribution in [-0.4, -0.2) is 10.9 Å². The zero-order valence-corrected chi connectivity index (χ0v) is 11.6. The number of rotatable bonds is 4. The van der Waals surface area contributed by atoms with Gasteiger partial charge in [0.05, 0.1) is 5.56 Å². The lowest BCUT2D eigenvalue weighted by atomic mass is 10.1. The van der Waals surface area contributed by atoms with Crippen LogP contribution >= 0.6 is 0 Å². The number of nitrogens with zero attached hydrogens (tertiary/aromatic N) is 1. The molecule has 0 unspecified atom stereocenters. The standard InChI is InChI=1S/C15H18N4O/c1-3-11-4-6-13(8-10(11)2)18-15(20)12-5-7-14(19-16)17-9-12/h4-9H,3,16H2,1-2H3,(H,17,19)(H,18,20). The van der Waals surface area contributed by atoms with Crippen molar-refractivity contribution >= 4 is 17.4 Å². The number of nitrogen functional groups attached to an aromatic ring is 1. The molecule has 5 heteroatoms. The van der Waals surface area contributed by atoms with E-state index in [-0.39, 0.29) is 5.91 Å². The number of nitrogens with one attached hydrogen (secondary N) is 2. The van der Waals surface area contributed by atoms with Gasteiger partial charge < -0.3 is 10.7 Å². The zero-order chi connectivity index (χ0) is 14.5. The lowest BCUT2D eigenvalue weighted by Crippen LogP contribution is -2.13. The van der Waals surface area contributed by atoms with Gasteiger partial charge in [-0.05, 0) is 48.7 Å². The van der Waals surface area contributed by atoms with E-state index in [1.807, 2.05) is 25.1 Å². The predicted molar refractivity (Wildman–Crippen MR) is 80.6 cm³/mol. The van der Waals surface area contributed by atoms with Gasteiger partial charge in [-0.25, -0.2) is 10.8 Å². The summed E-state index contributed by atoms with van der Waals surface area (Å²) in [6.45, 7) is 4.15. The second-order valence-corrected chi connectivity index (χ2v) is 4.53. The molecule has 0 bridgehead atoms. The number of nitrogens with two attached hydrogens (primary N) is 1. The number of anilines is 2. The first kappa shape index (κ1) is 14.0. The molecule has 1 aromatic heterocycles. The highest BCUT2D eigenvalue weighted by molar-refractivity contribution is 6.04. The van der Waals surface area contributed by atoms with Crippen LogP contribution in [-0.2, 0) is 6.42 Å². The molecule has 20 heavy (non-hydrogen) atoms. The monoisotopic (exact) mass is 270 g/mol. The molecule has 0 atom stereocenters. The molecule has 0 saturated carbocycles. The zero-order valence-electron chi connectivity index (χ0n) is 11.6. The van der Waals surface area contributed by atoms with E-state index >= 15 is 0 Å². The summed E-state index contributed by atoms with van der Waals surface area (Å²) in [4.78, 5) is 16.1. The summed E-state index contributed by atoms with van der Waals surface area (Å²) >= 11 is 0. The molecule has 0 aliphatic heterocycles. The molecule has 104 valence electrons. The number of pyridine rings is 1. The third-order valence-electron chi connectivity index (χ3n) is 3.15. The molecule has 0 fully saturated rings. The van der Waals surface area contributed by atoms with E-state index in [2.05, 4.69) is 22.7 Å². The number of hydrogen-bond acceptors (Lipinski definition) is 4. The van der Waals surface area contributed by atoms with Crippen LogP contribution in [0.1, 0.15) is 28.4 Å². The quantitative estimate of drug-likeness (QED) is 0.589. The molecule has 0 aliphatic rings. The van der Waals surface area contributed by atoms with Gasteiger partial charge in [0.15, 0.2) is 0 Å². The van der Waals surface area contributed by atoms with E-state index in [4.69, 9.17) is 5.84 Å². The summed E-state index contributed by atoms with van der Waals surface area (Å²) < 4.78 is 0. The Kier molecular flexibility index (Phi) is 4.32. The molecule has 2 rings (SSSR count). The summed E-state index contributed by atoms with van der Waals surface area (Å²) in [5.74, 6) is 5.56. The minimum absolute atomic E-state index is 0.190. The Bertz CT molecular complexity index is 608. The number of benzene rings is 1. The van der Waals surface area contributed by atoms with Crippen LogP contribution < -0.4 is 16.6 Å². The fourth-order valence-corrected chi connectivity index (χ4v) is 1.99. The van der Waals surface area contributed by atoms with Crippen LogP contribution in [0.5, 0.6) is 0 Å². The van der Waals surface area contributed by atoms with Crippen LogP contribution in [0.4, 0.5) is 11.5 Å². The Morgan fingerprint density at radius 1 is 1.30 bits per heavy atom. The predicted octanol–water partition coefficient (Wildman–Crippen LogP) is 2.49. The number of hydrogen-bond donors (Lipinski definition) is 3. The van der Waals surface area contributed by atoms with E-state index in [9.17, 15) is 4.79 Å². The first-order chi connectivity index (χ1) is 9.63. The Labute approximate surface area is 118 Å². The summed E-state index contributed by atoms with van der Waals surface area (Å²) in [6.07, 6.45) is 2.47. The first-order valence-electron chi connectivity index (χ1n) is 6.47. The van der Waals surface area contributed by atoms with Crippen molar-refractivity contribution in [3.05, 3.63) is 53.2 Å². The second kappa shape index (κ2) is 6.16. The molecule has 1 heterocycles. The lowest BCUT2D eigenvalue weighted by Gasteiger charge is -2.09. The number of carbonyl (C=O) groups is 1. The molecule has 4 N–H and O–H groups in total. The van der Waals surface area contributed by atoms with Crippen molar-refractivity contribution in [1.82, 2.24) is 4.98 Å². The maximum absolute atomic E-state index is 12.1. The maximum Gasteiger partial charge on any atom is 0.257 e. The molecular formula is C15H18N4O. The molecule has 1 aromatic carbocycles. The van der Waals surface area contributed by atoms with Gasteiger partial charge in [0.1, 0.15) is 5.82 Å². The Balaban J connectivity index is 2.12. The van der Waals surface area contributed by atoms with E-state index in [1.54, 1.807) is 12.1 Å². The van der Waals surface area contributed by atoms with Gasteiger partial charge in [0.2, 0.25) is 0 Å². The number of aryl methyl sites for hydroxylation is 2. The Morgan fingerprint density at radius 2 is 2.10 bits per heavy atom. The topological polar surface area (TPSA) is 80.0 Å². The summed E-state index contributed by atoms with van der Waals surface area (Å²) in [5.41, 5.74) is 6.14. The van der Waals surface area contributed by atoms with Gasteiger partial charge in [-0.15, -0.1) is 0 Å². The van der Waals surface area contributed by atoms with Gasteiger partial charge in [0.25, 0.3) is 5.91 Å². The van der Waals surface area contributed by atoms with Crippen molar-refractivity contribution < 1.29 is 4.79 Å². The third-order valence-corrected chi connectivity index (χ3v) is 3.15. The summed E-state index contributed by atoms with van der Waals surface area (Å²) in [6, 6.07) is 9.24. The van der Waals surface area contributed by atoms with Gasteiger partial charge in [-0.2, -0.15) is 0 Å². The lowest BCUT2D eigenvalue weighted by molar-refractivity contribution is 0.102. The van der Waals surface area contributed by atoms with Gasteiger partial charge >= 0.3 is 0 Å². The van der Waals surface area contributed by atoms with Crippen molar-refractivity contribution in [2.75, 3.05) is 10.7 Å². The number of carbonyl (C=O) groups excluding carboxylic acids is 1.